The van der Waals surface area contributed by atoms with Gasteiger partial charge in [-0.1, -0.05) is 135 Å². The highest BCUT2D eigenvalue weighted by Gasteiger charge is 2.26. The van der Waals surface area contributed by atoms with Gasteiger partial charge in [0.15, 0.2) is 0 Å². The van der Waals surface area contributed by atoms with Crippen LogP contribution in [0.2, 0.25) is 0 Å². The van der Waals surface area contributed by atoms with Gasteiger partial charge >= 0.3 is 0 Å². The van der Waals surface area contributed by atoms with E-state index < -0.39 is 0 Å². The zero-order valence-electron chi connectivity index (χ0n) is 31.9. The summed E-state index contributed by atoms with van der Waals surface area (Å²) in [6.45, 7) is 8.51. The topological polar surface area (TPSA) is 55.4 Å². The molecule has 0 saturated carbocycles. The molecule has 282 valence electrons. The molecule has 2 atom stereocenters. The normalized spacial score (nSPS) is 12.0. The number of benzene rings is 8. The van der Waals surface area contributed by atoms with Crippen molar-refractivity contribution in [2.75, 3.05) is 0 Å². The summed E-state index contributed by atoms with van der Waals surface area (Å²) in [6, 6.07) is 49.8. The maximum absolute atomic E-state index is 6.93. The molecule has 0 N–H and O–H groups in total. The highest BCUT2D eigenvalue weighted by molar-refractivity contribution is 7.27. The van der Waals surface area contributed by atoms with E-state index in [1.54, 1.807) is 0 Å². The van der Waals surface area contributed by atoms with Crippen LogP contribution in [0.15, 0.2) is 146 Å². The molecule has 0 aromatic heterocycles. The van der Waals surface area contributed by atoms with Gasteiger partial charge in [0.05, 0.1) is 6.10 Å². The minimum atomic E-state index is -0.361. The molecule has 6 nitrogen and oxygen atoms in total. The van der Waals surface area contributed by atoms with Gasteiger partial charge in [-0.3, -0.25) is 0 Å². The molecule has 8 aromatic rings. The lowest BCUT2D eigenvalue weighted by Gasteiger charge is -2.24. The Bertz CT molecular complexity index is 2630. The van der Waals surface area contributed by atoms with Crippen LogP contribution in [0.3, 0.4) is 0 Å². The molecule has 2 unspecified atom stereocenters. The third-order valence-corrected chi connectivity index (χ3v) is 10.8. The van der Waals surface area contributed by atoms with Crippen LogP contribution < -0.4 is 18.1 Å². The summed E-state index contributed by atoms with van der Waals surface area (Å²) in [5.41, 5.74) is 3.75. The van der Waals surface area contributed by atoms with Crippen molar-refractivity contribution in [1.82, 2.24) is 0 Å². The first-order chi connectivity index (χ1) is 27.4. The van der Waals surface area contributed by atoms with E-state index >= 15 is 0 Å². The number of fused-ring (bicyclic) bond motifs is 4. The largest absolute Gasteiger partial charge is 0.440 e. The minimum absolute atomic E-state index is 0.116. The van der Waals surface area contributed by atoms with Gasteiger partial charge in [-0.25, -0.2) is 9.78 Å². The van der Waals surface area contributed by atoms with Crippen LogP contribution >= 0.6 is 18.1 Å². The van der Waals surface area contributed by atoms with Gasteiger partial charge in [-0.05, 0) is 88.3 Å². The highest BCUT2D eigenvalue weighted by atomic mass is 31.1. The lowest BCUT2D eigenvalue weighted by atomic mass is 9.87. The van der Waals surface area contributed by atoms with Crippen LogP contribution in [0.5, 0.6) is 23.0 Å². The molecule has 0 aliphatic rings. The van der Waals surface area contributed by atoms with Gasteiger partial charge in [-0.2, -0.15) is 0 Å². The molecular weight excluding hydrogens is 734 g/mol. The molecule has 0 heterocycles. The fourth-order valence-electron chi connectivity index (χ4n) is 7.22. The molecule has 0 radical (unpaired) electrons. The Morgan fingerprint density at radius 3 is 1.38 bits per heavy atom. The van der Waals surface area contributed by atoms with Crippen molar-refractivity contribution in [2.24, 2.45) is 5.92 Å². The zero-order chi connectivity index (χ0) is 38.4. The van der Waals surface area contributed by atoms with Crippen molar-refractivity contribution in [3.63, 3.8) is 0 Å². The second-order valence-corrected chi connectivity index (χ2v) is 15.6. The van der Waals surface area contributed by atoms with E-state index in [1.807, 2.05) is 62.4 Å². The van der Waals surface area contributed by atoms with Gasteiger partial charge < -0.3 is 18.1 Å². The van der Waals surface area contributed by atoms with Crippen molar-refractivity contribution >= 4 is 61.2 Å². The molecule has 8 heteroatoms. The maximum atomic E-state index is 6.93. The number of rotatable bonds is 15. The van der Waals surface area contributed by atoms with Crippen LogP contribution in [-0.4, -0.2) is 6.10 Å². The average molecular weight is 779 g/mol. The van der Waals surface area contributed by atoms with Crippen LogP contribution in [0.4, 0.5) is 0 Å². The fourth-order valence-corrected chi connectivity index (χ4v) is 8.47. The van der Waals surface area contributed by atoms with Crippen LogP contribution in [0.1, 0.15) is 38.8 Å². The van der Waals surface area contributed by atoms with E-state index in [4.69, 9.17) is 27.9 Å². The number of hydrogen-bond acceptors (Lipinski definition) is 6. The monoisotopic (exact) mass is 778 g/mol. The standard InChI is InChI=1S/C48H44O6P2/c1-31(2)27-37-28-35-17-7-11-23-41(35)45(47(37)53-55-51-43-25-13-19-33-15-5-9-21-39(33)43)46-42-24-12-8-18-36(42)29-38(30-49-50-32(3)4)48(46)54-56-52-44-26-14-20-34-16-6-10-22-40(34)44/h5-26,28-29,31-32,55-56H,27,30H2,1-4H3. The molecule has 8 aromatic carbocycles. The van der Waals surface area contributed by atoms with Crippen molar-refractivity contribution in [3.8, 4) is 34.1 Å². The van der Waals surface area contributed by atoms with E-state index in [1.165, 1.54) is 0 Å². The van der Waals surface area contributed by atoms with Crippen LogP contribution in [-0.2, 0) is 22.8 Å². The Morgan fingerprint density at radius 2 is 0.875 bits per heavy atom. The summed E-state index contributed by atoms with van der Waals surface area (Å²) in [6.07, 6.45) is 0.687. The predicted octanol–water partition coefficient (Wildman–Crippen LogP) is 14.0. The summed E-state index contributed by atoms with van der Waals surface area (Å²) >= 11 is 0. The fraction of sp³-hybridized carbons (Fsp3) is 0.167. The molecular formula is C48H44O6P2. The zero-order valence-corrected chi connectivity index (χ0v) is 33.9. The highest BCUT2D eigenvalue weighted by Crippen LogP contribution is 2.51. The summed E-state index contributed by atoms with van der Waals surface area (Å²) < 4.78 is 26.7. The van der Waals surface area contributed by atoms with Crippen molar-refractivity contribution in [3.05, 3.63) is 157 Å². The van der Waals surface area contributed by atoms with Gasteiger partial charge in [-0.15, -0.1) is 0 Å². The quantitative estimate of drug-likeness (QED) is 0.0587. The first-order valence-electron chi connectivity index (χ1n) is 19.0. The molecule has 56 heavy (non-hydrogen) atoms. The van der Waals surface area contributed by atoms with Gasteiger partial charge in [0.25, 0.3) is 18.1 Å². The lowest BCUT2D eigenvalue weighted by Crippen LogP contribution is -2.06. The molecule has 0 saturated heterocycles. The average Bonchev–Trinajstić information content (AvgIpc) is 3.21. The molecule has 0 spiro atoms. The van der Waals surface area contributed by atoms with E-state index in [0.717, 1.165) is 89.0 Å². The van der Waals surface area contributed by atoms with E-state index in [0.29, 0.717) is 11.7 Å². The van der Waals surface area contributed by atoms with Gasteiger partial charge in [0.1, 0.15) is 29.6 Å². The van der Waals surface area contributed by atoms with Crippen LogP contribution in [0, 0.1) is 5.92 Å². The molecule has 0 aliphatic carbocycles. The lowest BCUT2D eigenvalue weighted by molar-refractivity contribution is -0.325. The molecule has 0 amide bonds. The molecule has 0 aliphatic heterocycles. The Hall–Kier alpha value is -5.22. The van der Waals surface area contributed by atoms with Crippen LogP contribution in [0.25, 0.3) is 54.2 Å². The first-order valence-corrected chi connectivity index (χ1v) is 20.6. The Kier molecular flexibility index (Phi) is 11.6. The summed E-state index contributed by atoms with van der Waals surface area (Å²) in [7, 11) is -0.672. The Labute approximate surface area is 331 Å². The third-order valence-electron chi connectivity index (χ3n) is 9.60. The first kappa shape index (κ1) is 37.7. The van der Waals surface area contributed by atoms with E-state index in [9.17, 15) is 0 Å². The number of hydrogen-bond donors (Lipinski definition) is 0. The second kappa shape index (κ2) is 17.3. The maximum Gasteiger partial charge on any atom is 0.275 e. The summed E-state index contributed by atoms with van der Waals surface area (Å²) in [4.78, 5) is 11.5. The Morgan fingerprint density at radius 1 is 0.446 bits per heavy atom. The van der Waals surface area contributed by atoms with Crippen molar-refractivity contribution < 1.29 is 27.9 Å². The second-order valence-electron chi connectivity index (χ2n) is 14.5. The smallest absolute Gasteiger partial charge is 0.275 e. The minimum Gasteiger partial charge on any atom is -0.440 e. The SMILES string of the molecule is CC(C)Cc1cc2ccccc2c(-c2c(OPOc3cccc4ccccc34)c(COOC(C)C)cc3ccccc23)c1OPOc1cccc2ccccc12. The Balaban J connectivity index is 1.30. The predicted molar refractivity (Wildman–Crippen MR) is 233 cm³/mol. The molecule has 8 rings (SSSR count). The van der Waals surface area contributed by atoms with Crippen molar-refractivity contribution in [1.29, 1.82) is 0 Å². The molecule has 0 fully saturated rings. The third kappa shape index (κ3) is 8.17. The van der Waals surface area contributed by atoms with Crippen molar-refractivity contribution in [2.45, 2.75) is 46.8 Å². The summed E-state index contributed by atoms with van der Waals surface area (Å²) in [5.74, 6) is 3.31. The van der Waals surface area contributed by atoms with Gasteiger partial charge in [0, 0.05) is 27.5 Å². The van der Waals surface area contributed by atoms with Gasteiger partial charge in [0.2, 0.25) is 0 Å². The van der Waals surface area contributed by atoms with E-state index in [-0.39, 0.29) is 30.8 Å². The summed E-state index contributed by atoms with van der Waals surface area (Å²) in [5, 5.41) is 8.47. The molecule has 0 bridgehead atoms. The van der Waals surface area contributed by atoms with E-state index in [2.05, 4.69) is 111 Å².